The first-order valence-electron chi connectivity index (χ1n) is 5.29. The van der Waals surface area contributed by atoms with Gasteiger partial charge in [0.05, 0.1) is 6.04 Å². The van der Waals surface area contributed by atoms with Gasteiger partial charge in [-0.05, 0) is 24.1 Å². The van der Waals surface area contributed by atoms with Crippen molar-refractivity contribution in [3.63, 3.8) is 0 Å². The summed E-state index contributed by atoms with van der Waals surface area (Å²) in [6.07, 6.45) is 0.652. The zero-order chi connectivity index (χ0) is 12.1. The molecule has 0 heterocycles. The van der Waals surface area contributed by atoms with Crippen LogP contribution in [-0.2, 0) is 11.3 Å². The lowest BCUT2D eigenvalue weighted by molar-refractivity contribution is -0.131. The molecule has 1 amide bonds. The molecule has 0 saturated carbocycles. The zero-order valence-corrected chi connectivity index (χ0v) is 10.4. The molecule has 0 aromatic heterocycles. The zero-order valence-electron chi connectivity index (χ0n) is 9.61. The van der Waals surface area contributed by atoms with E-state index in [0.717, 1.165) is 5.56 Å². The molecule has 0 fully saturated rings. The highest BCUT2D eigenvalue weighted by atomic mass is 35.5. The summed E-state index contributed by atoms with van der Waals surface area (Å²) in [4.78, 5) is 13.4. The van der Waals surface area contributed by atoms with Gasteiger partial charge in [0.25, 0.3) is 0 Å². The monoisotopic (exact) mass is 240 g/mol. The van der Waals surface area contributed by atoms with Crippen molar-refractivity contribution in [3.8, 4) is 0 Å². The smallest absolute Gasteiger partial charge is 0.239 e. The minimum Gasteiger partial charge on any atom is -0.340 e. The quantitative estimate of drug-likeness (QED) is 0.876. The molecule has 0 radical (unpaired) electrons. The van der Waals surface area contributed by atoms with Gasteiger partial charge in [-0.25, -0.2) is 0 Å². The van der Waals surface area contributed by atoms with E-state index in [0.29, 0.717) is 18.0 Å². The number of nitrogens with two attached hydrogens (primary N) is 1. The summed E-state index contributed by atoms with van der Waals surface area (Å²) >= 11 is 5.87. The lowest BCUT2D eigenvalue weighted by Crippen LogP contribution is -2.40. The van der Waals surface area contributed by atoms with Crippen LogP contribution in [0.15, 0.2) is 24.3 Å². The SMILES string of the molecule is CCC(N)C(=O)N(C)Cc1cccc(Cl)c1. The van der Waals surface area contributed by atoms with Crippen molar-refractivity contribution in [3.05, 3.63) is 34.9 Å². The van der Waals surface area contributed by atoms with E-state index in [4.69, 9.17) is 17.3 Å². The Morgan fingerprint density at radius 2 is 2.25 bits per heavy atom. The van der Waals surface area contributed by atoms with Gasteiger partial charge >= 0.3 is 0 Å². The Morgan fingerprint density at radius 1 is 1.56 bits per heavy atom. The Hall–Kier alpha value is -1.06. The fourth-order valence-corrected chi connectivity index (χ4v) is 1.66. The first-order chi connectivity index (χ1) is 7.54. The Kier molecular flexibility index (Phi) is 4.77. The lowest BCUT2D eigenvalue weighted by atomic mass is 10.2. The molecule has 4 heteroatoms. The molecule has 0 spiro atoms. The maximum atomic E-state index is 11.7. The summed E-state index contributed by atoms with van der Waals surface area (Å²) < 4.78 is 0. The largest absolute Gasteiger partial charge is 0.340 e. The van der Waals surface area contributed by atoms with Crippen molar-refractivity contribution < 1.29 is 4.79 Å². The molecule has 1 rings (SSSR count). The first-order valence-corrected chi connectivity index (χ1v) is 5.67. The van der Waals surface area contributed by atoms with Crippen molar-refractivity contribution >= 4 is 17.5 Å². The van der Waals surface area contributed by atoms with E-state index in [9.17, 15) is 4.79 Å². The Bertz CT molecular complexity index is 368. The maximum Gasteiger partial charge on any atom is 0.239 e. The molecular weight excluding hydrogens is 224 g/mol. The van der Waals surface area contributed by atoms with Crippen LogP contribution >= 0.6 is 11.6 Å². The van der Waals surface area contributed by atoms with Crippen molar-refractivity contribution in [2.75, 3.05) is 7.05 Å². The second-order valence-corrected chi connectivity index (χ2v) is 4.28. The van der Waals surface area contributed by atoms with E-state index < -0.39 is 6.04 Å². The van der Waals surface area contributed by atoms with Crippen molar-refractivity contribution in [1.29, 1.82) is 0 Å². The van der Waals surface area contributed by atoms with Gasteiger partial charge in [0.1, 0.15) is 0 Å². The number of nitrogens with zero attached hydrogens (tertiary/aromatic N) is 1. The number of halogens is 1. The summed E-state index contributed by atoms with van der Waals surface area (Å²) in [5.74, 6) is -0.0394. The van der Waals surface area contributed by atoms with Gasteiger partial charge in [-0.15, -0.1) is 0 Å². The fraction of sp³-hybridized carbons (Fsp3) is 0.417. The van der Waals surface area contributed by atoms with E-state index >= 15 is 0 Å². The standard InChI is InChI=1S/C12H17ClN2O/c1-3-11(14)12(16)15(2)8-9-5-4-6-10(13)7-9/h4-7,11H,3,8,14H2,1-2H3. The molecule has 0 saturated heterocycles. The van der Waals surface area contributed by atoms with E-state index in [1.165, 1.54) is 0 Å². The van der Waals surface area contributed by atoms with E-state index in [-0.39, 0.29) is 5.91 Å². The molecule has 0 bridgehead atoms. The molecule has 3 nitrogen and oxygen atoms in total. The molecule has 0 aliphatic carbocycles. The van der Waals surface area contributed by atoms with Gasteiger partial charge in [0.15, 0.2) is 0 Å². The average molecular weight is 241 g/mol. The number of benzene rings is 1. The van der Waals surface area contributed by atoms with Crippen LogP contribution in [0.5, 0.6) is 0 Å². The fourth-order valence-electron chi connectivity index (χ4n) is 1.44. The molecule has 16 heavy (non-hydrogen) atoms. The summed E-state index contributed by atoms with van der Waals surface area (Å²) in [6, 6.07) is 7.06. The highest BCUT2D eigenvalue weighted by Gasteiger charge is 2.15. The van der Waals surface area contributed by atoms with E-state index in [1.807, 2.05) is 31.2 Å². The molecule has 1 aromatic rings. The summed E-state index contributed by atoms with van der Waals surface area (Å²) in [7, 11) is 1.75. The van der Waals surface area contributed by atoms with Gasteiger partial charge in [0.2, 0.25) is 5.91 Å². The molecule has 0 aliphatic rings. The lowest BCUT2D eigenvalue weighted by Gasteiger charge is -2.20. The number of carbonyl (C=O) groups is 1. The predicted octanol–water partition coefficient (Wildman–Crippen LogP) is 2.04. The van der Waals surface area contributed by atoms with Crippen molar-refractivity contribution in [2.24, 2.45) is 5.73 Å². The number of hydrogen-bond acceptors (Lipinski definition) is 2. The second-order valence-electron chi connectivity index (χ2n) is 3.84. The molecule has 2 N–H and O–H groups in total. The third-order valence-corrected chi connectivity index (χ3v) is 2.68. The molecule has 1 unspecified atom stereocenters. The highest BCUT2D eigenvalue weighted by Crippen LogP contribution is 2.12. The van der Waals surface area contributed by atoms with E-state index in [2.05, 4.69) is 0 Å². The molecular formula is C12H17ClN2O. The minimum absolute atomic E-state index is 0.0394. The summed E-state index contributed by atoms with van der Waals surface area (Å²) in [5, 5.41) is 0.679. The van der Waals surface area contributed by atoms with Crippen LogP contribution in [0.4, 0.5) is 0 Å². The predicted molar refractivity (Wildman–Crippen MR) is 66.2 cm³/mol. The minimum atomic E-state index is -0.413. The first kappa shape index (κ1) is 13.0. The topological polar surface area (TPSA) is 46.3 Å². The van der Waals surface area contributed by atoms with Crippen LogP contribution in [-0.4, -0.2) is 23.9 Å². The van der Waals surface area contributed by atoms with Gasteiger partial charge < -0.3 is 10.6 Å². The molecule has 1 atom stereocenters. The van der Waals surface area contributed by atoms with Crippen LogP contribution in [0.2, 0.25) is 5.02 Å². The van der Waals surface area contributed by atoms with Crippen LogP contribution in [0.1, 0.15) is 18.9 Å². The van der Waals surface area contributed by atoms with Crippen LogP contribution < -0.4 is 5.73 Å². The highest BCUT2D eigenvalue weighted by molar-refractivity contribution is 6.30. The molecule has 0 aliphatic heterocycles. The van der Waals surface area contributed by atoms with Crippen molar-refractivity contribution in [2.45, 2.75) is 25.9 Å². The van der Waals surface area contributed by atoms with Gasteiger partial charge in [-0.3, -0.25) is 4.79 Å². The van der Waals surface area contributed by atoms with Crippen LogP contribution in [0.25, 0.3) is 0 Å². The Labute approximate surface area is 101 Å². The normalized spacial score (nSPS) is 12.2. The summed E-state index contributed by atoms with van der Waals surface area (Å²) in [5.41, 5.74) is 6.69. The second kappa shape index (κ2) is 5.87. The number of amides is 1. The Morgan fingerprint density at radius 3 is 2.81 bits per heavy atom. The molecule has 88 valence electrons. The third kappa shape index (κ3) is 3.51. The number of rotatable bonds is 4. The average Bonchev–Trinajstić information content (AvgIpc) is 2.27. The van der Waals surface area contributed by atoms with Crippen LogP contribution in [0.3, 0.4) is 0 Å². The van der Waals surface area contributed by atoms with Gasteiger partial charge in [-0.2, -0.15) is 0 Å². The number of likely N-dealkylation sites (N-methyl/N-ethyl adjacent to an activating group) is 1. The number of hydrogen-bond donors (Lipinski definition) is 1. The van der Waals surface area contributed by atoms with Crippen molar-refractivity contribution in [1.82, 2.24) is 4.90 Å². The van der Waals surface area contributed by atoms with Crippen LogP contribution in [0, 0.1) is 0 Å². The third-order valence-electron chi connectivity index (χ3n) is 2.44. The Balaban J connectivity index is 2.64. The van der Waals surface area contributed by atoms with E-state index in [1.54, 1.807) is 11.9 Å². The van der Waals surface area contributed by atoms with Gasteiger partial charge in [0, 0.05) is 18.6 Å². The number of carbonyl (C=O) groups excluding carboxylic acids is 1. The molecule has 1 aromatic carbocycles. The summed E-state index contributed by atoms with van der Waals surface area (Å²) in [6.45, 7) is 2.43. The van der Waals surface area contributed by atoms with Gasteiger partial charge in [-0.1, -0.05) is 30.7 Å². The maximum absolute atomic E-state index is 11.7.